The van der Waals surface area contributed by atoms with Gasteiger partial charge in [0.1, 0.15) is 5.82 Å². The van der Waals surface area contributed by atoms with Crippen molar-refractivity contribution in [1.82, 2.24) is 19.7 Å². The second-order valence-electron chi connectivity index (χ2n) is 4.05. The predicted octanol–water partition coefficient (Wildman–Crippen LogP) is 2.38. The van der Waals surface area contributed by atoms with Crippen LogP contribution in [0, 0.1) is 0 Å². The molecule has 0 saturated carbocycles. The number of benzene rings is 1. The average molecular weight is 331 g/mol. The van der Waals surface area contributed by atoms with E-state index in [0.29, 0.717) is 17.5 Å². The molecule has 7 heteroatoms. The quantitative estimate of drug-likeness (QED) is 0.569. The molecule has 3 rings (SSSR count). The van der Waals surface area contributed by atoms with E-state index in [1.807, 2.05) is 36.5 Å². The molecule has 0 amide bonds. The van der Waals surface area contributed by atoms with Gasteiger partial charge in [0.2, 0.25) is 0 Å². The third-order valence-corrected chi connectivity index (χ3v) is 3.09. The lowest BCUT2D eigenvalue weighted by molar-refractivity contribution is 0.841. The number of nitrogens with zero attached hydrogens (tertiary/aromatic N) is 4. The van der Waals surface area contributed by atoms with E-state index < -0.39 is 0 Å². The van der Waals surface area contributed by atoms with Crippen LogP contribution in [0.1, 0.15) is 0 Å². The third kappa shape index (κ3) is 2.54. The fourth-order valence-corrected chi connectivity index (χ4v) is 2.05. The Kier molecular flexibility index (Phi) is 3.44. The molecule has 3 aromatic rings. The molecule has 0 aliphatic carbocycles. The van der Waals surface area contributed by atoms with E-state index in [0.717, 1.165) is 10.0 Å². The summed E-state index contributed by atoms with van der Waals surface area (Å²) in [4.78, 5) is 8.86. The van der Waals surface area contributed by atoms with Crippen LogP contribution in [0.15, 0.2) is 53.3 Å². The van der Waals surface area contributed by atoms with Crippen LogP contribution in [0.5, 0.6) is 0 Å². The lowest BCUT2D eigenvalue weighted by Crippen LogP contribution is -2.11. The van der Waals surface area contributed by atoms with E-state index in [2.05, 4.69) is 36.4 Å². The zero-order chi connectivity index (χ0) is 13.9. The highest BCUT2D eigenvalue weighted by molar-refractivity contribution is 9.10. The first-order valence-electron chi connectivity index (χ1n) is 5.88. The molecular formula is C13H11BrN6. The van der Waals surface area contributed by atoms with Gasteiger partial charge in [0.15, 0.2) is 11.6 Å². The number of nitrogen functional groups attached to an aromatic ring is 1. The molecule has 0 saturated heterocycles. The van der Waals surface area contributed by atoms with Gasteiger partial charge in [-0.1, -0.05) is 30.3 Å². The highest BCUT2D eigenvalue weighted by atomic mass is 79.9. The van der Waals surface area contributed by atoms with Gasteiger partial charge in [0.05, 0.1) is 10.7 Å². The summed E-state index contributed by atoms with van der Waals surface area (Å²) in [5.41, 5.74) is 3.46. The van der Waals surface area contributed by atoms with Crippen molar-refractivity contribution in [3.63, 3.8) is 0 Å². The molecule has 6 nitrogen and oxygen atoms in total. The van der Waals surface area contributed by atoms with Crippen LogP contribution in [-0.2, 0) is 0 Å². The maximum absolute atomic E-state index is 5.47. The van der Waals surface area contributed by atoms with Crippen LogP contribution >= 0.6 is 15.9 Å². The normalized spacial score (nSPS) is 10.5. The van der Waals surface area contributed by atoms with Gasteiger partial charge >= 0.3 is 0 Å². The van der Waals surface area contributed by atoms with E-state index >= 15 is 0 Å². The van der Waals surface area contributed by atoms with Crippen LogP contribution in [0.25, 0.3) is 17.2 Å². The summed E-state index contributed by atoms with van der Waals surface area (Å²) in [7, 11) is 0. The first kappa shape index (κ1) is 12.8. The Morgan fingerprint density at radius 2 is 1.95 bits per heavy atom. The maximum atomic E-state index is 5.47. The Labute approximate surface area is 123 Å². The number of anilines is 1. The predicted molar refractivity (Wildman–Crippen MR) is 80.1 cm³/mol. The zero-order valence-corrected chi connectivity index (χ0v) is 11.9. The first-order valence-corrected chi connectivity index (χ1v) is 6.67. The summed E-state index contributed by atoms with van der Waals surface area (Å²) in [6, 6.07) is 11.4. The van der Waals surface area contributed by atoms with Gasteiger partial charge in [0, 0.05) is 17.8 Å². The Bertz CT molecular complexity index is 725. The number of hydrogen-bond donors (Lipinski definition) is 2. The van der Waals surface area contributed by atoms with Gasteiger partial charge in [-0.3, -0.25) is 0 Å². The van der Waals surface area contributed by atoms with Crippen LogP contribution in [0.2, 0.25) is 0 Å². The number of halogens is 1. The highest BCUT2D eigenvalue weighted by Crippen LogP contribution is 2.19. The molecule has 0 unspecified atom stereocenters. The summed E-state index contributed by atoms with van der Waals surface area (Å²) >= 11 is 3.36. The summed E-state index contributed by atoms with van der Waals surface area (Å²) in [5, 5.41) is 4.21. The lowest BCUT2D eigenvalue weighted by atomic mass is 10.2. The number of hydrogen-bond acceptors (Lipinski definition) is 5. The molecule has 0 radical (unpaired) electrons. The van der Waals surface area contributed by atoms with E-state index in [4.69, 9.17) is 5.84 Å². The smallest absolute Gasteiger partial charge is 0.164 e. The highest BCUT2D eigenvalue weighted by Gasteiger charge is 2.08. The molecule has 0 aliphatic heterocycles. The molecule has 1 aromatic carbocycles. The van der Waals surface area contributed by atoms with Gasteiger partial charge in [-0.25, -0.2) is 20.5 Å². The fraction of sp³-hybridized carbons (Fsp3) is 0. The fourth-order valence-electron chi connectivity index (χ4n) is 1.77. The van der Waals surface area contributed by atoms with Crippen molar-refractivity contribution in [2.24, 2.45) is 5.84 Å². The minimum absolute atomic E-state index is 0.528. The van der Waals surface area contributed by atoms with Gasteiger partial charge < -0.3 is 5.43 Å². The molecule has 2 aromatic heterocycles. The molecule has 20 heavy (non-hydrogen) atoms. The SMILES string of the molecule is NNc1cc(-n2cc(Br)cn2)nc(-c2ccccc2)n1. The lowest BCUT2D eigenvalue weighted by Gasteiger charge is -2.07. The molecule has 3 N–H and O–H groups in total. The monoisotopic (exact) mass is 330 g/mol. The second kappa shape index (κ2) is 5.40. The van der Waals surface area contributed by atoms with Crippen molar-refractivity contribution >= 4 is 21.7 Å². The Morgan fingerprint density at radius 3 is 2.60 bits per heavy atom. The standard InChI is InChI=1S/C13H11BrN6/c14-10-7-16-20(8-10)12-6-11(19-15)17-13(18-12)9-4-2-1-3-5-9/h1-8H,15H2,(H,17,18,19). The van der Waals surface area contributed by atoms with E-state index in [1.165, 1.54) is 0 Å². The van der Waals surface area contributed by atoms with Crippen LogP contribution in [0.4, 0.5) is 5.82 Å². The summed E-state index contributed by atoms with van der Waals surface area (Å²) in [6.45, 7) is 0. The van der Waals surface area contributed by atoms with Crippen LogP contribution in [0.3, 0.4) is 0 Å². The zero-order valence-electron chi connectivity index (χ0n) is 10.4. The van der Waals surface area contributed by atoms with Gasteiger partial charge in [-0.2, -0.15) is 5.10 Å². The molecule has 100 valence electrons. The van der Waals surface area contributed by atoms with Crippen molar-refractivity contribution in [2.75, 3.05) is 5.43 Å². The summed E-state index contributed by atoms with van der Waals surface area (Å²) in [5.74, 6) is 7.22. The van der Waals surface area contributed by atoms with Gasteiger partial charge in [-0.15, -0.1) is 0 Å². The van der Waals surface area contributed by atoms with E-state index in [9.17, 15) is 0 Å². The minimum atomic E-state index is 0.528. The average Bonchev–Trinajstić information content (AvgIpc) is 2.94. The second-order valence-corrected chi connectivity index (χ2v) is 4.96. The van der Waals surface area contributed by atoms with Crippen molar-refractivity contribution in [3.8, 4) is 17.2 Å². The molecule has 2 heterocycles. The Balaban J connectivity index is 2.12. The number of rotatable bonds is 3. The topological polar surface area (TPSA) is 81.6 Å². The maximum Gasteiger partial charge on any atom is 0.164 e. The van der Waals surface area contributed by atoms with E-state index in [1.54, 1.807) is 16.9 Å². The van der Waals surface area contributed by atoms with Crippen molar-refractivity contribution in [3.05, 3.63) is 53.3 Å². The summed E-state index contributed by atoms with van der Waals surface area (Å²) < 4.78 is 2.53. The molecule has 0 fully saturated rings. The first-order chi connectivity index (χ1) is 9.76. The number of aromatic nitrogens is 4. The molecule has 0 atom stereocenters. The van der Waals surface area contributed by atoms with Crippen LogP contribution in [-0.4, -0.2) is 19.7 Å². The third-order valence-electron chi connectivity index (χ3n) is 2.68. The van der Waals surface area contributed by atoms with Crippen LogP contribution < -0.4 is 11.3 Å². The molecular weight excluding hydrogens is 320 g/mol. The number of nitrogens with one attached hydrogen (secondary N) is 1. The Morgan fingerprint density at radius 1 is 1.15 bits per heavy atom. The number of hydrazine groups is 1. The molecule has 0 aliphatic rings. The minimum Gasteiger partial charge on any atom is -0.308 e. The Hall–Kier alpha value is -2.25. The molecule has 0 spiro atoms. The summed E-state index contributed by atoms with van der Waals surface area (Å²) in [6.07, 6.45) is 3.51. The van der Waals surface area contributed by atoms with Crippen molar-refractivity contribution in [1.29, 1.82) is 0 Å². The van der Waals surface area contributed by atoms with Gasteiger partial charge in [-0.05, 0) is 15.9 Å². The van der Waals surface area contributed by atoms with Gasteiger partial charge in [0.25, 0.3) is 0 Å². The van der Waals surface area contributed by atoms with Crippen molar-refractivity contribution in [2.45, 2.75) is 0 Å². The largest absolute Gasteiger partial charge is 0.308 e. The van der Waals surface area contributed by atoms with Crippen molar-refractivity contribution < 1.29 is 0 Å². The number of nitrogens with two attached hydrogens (primary N) is 1. The molecule has 0 bridgehead atoms. The van der Waals surface area contributed by atoms with E-state index in [-0.39, 0.29) is 0 Å².